The van der Waals surface area contributed by atoms with Gasteiger partial charge in [-0.1, -0.05) is 0 Å². The van der Waals surface area contributed by atoms with Crippen molar-refractivity contribution < 1.29 is 9.59 Å². The van der Waals surface area contributed by atoms with Gasteiger partial charge in [0.25, 0.3) is 0 Å². The van der Waals surface area contributed by atoms with Crippen molar-refractivity contribution in [2.24, 2.45) is 11.5 Å². The van der Waals surface area contributed by atoms with Gasteiger partial charge in [-0.25, -0.2) is 0 Å². The molecule has 0 spiro atoms. The summed E-state index contributed by atoms with van der Waals surface area (Å²) in [5, 5.41) is 0. The molecule has 1 rings (SSSR count). The predicted molar refractivity (Wildman–Crippen MR) is 50.7 cm³/mol. The maximum atomic E-state index is 11.5. The van der Waals surface area contributed by atoms with Crippen LogP contribution < -0.4 is 11.5 Å². The number of terminal acetylenes is 1. The number of amides is 2. The first-order chi connectivity index (χ1) is 6.57. The van der Waals surface area contributed by atoms with E-state index in [9.17, 15) is 9.59 Å². The summed E-state index contributed by atoms with van der Waals surface area (Å²) in [7, 11) is 0. The molecule has 0 saturated carbocycles. The van der Waals surface area contributed by atoms with Crippen LogP contribution in [0.15, 0.2) is 0 Å². The highest BCUT2D eigenvalue weighted by molar-refractivity contribution is 5.90. The van der Waals surface area contributed by atoms with Crippen LogP contribution >= 0.6 is 0 Å². The SMILES string of the molecule is C#CCC(N)C(=O)N1CCC1C(N)=O. The van der Waals surface area contributed by atoms with Crippen LogP contribution in [0.2, 0.25) is 0 Å². The van der Waals surface area contributed by atoms with Crippen LogP contribution in [0.3, 0.4) is 0 Å². The van der Waals surface area contributed by atoms with Crippen LogP contribution in [0.5, 0.6) is 0 Å². The molecule has 5 nitrogen and oxygen atoms in total. The third-order valence-electron chi connectivity index (χ3n) is 2.29. The van der Waals surface area contributed by atoms with E-state index in [1.807, 2.05) is 0 Å². The van der Waals surface area contributed by atoms with Crippen molar-refractivity contribution in [2.45, 2.75) is 24.9 Å². The lowest BCUT2D eigenvalue weighted by Crippen LogP contribution is -2.60. The maximum absolute atomic E-state index is 11.5. The smallest absolute Gasteiger partial charge is 0.241 e. The van der Waals surface area contributed by atoms with Crippen molar-refractivity contribution in [1.29, 1.82) is 0 Å². The molecule has 0 aliphatic carbocycles. The second-order valence-electron chi connectivity index (χ2n) is 3.25. The van der Waals surface area contributed by atoms with Gasteiger partial charge in [-0.2, -0.15) is 0 Å². The van der Waals surface area contributed by atoms with Gasteiger partial charge in [0, 0.05) is 13.0 Å². The first-order valence-electron chi connectivity index (χ1n) is 4.36. The highest BCUT2D eigenvalue weighted by Gasteiger charge is 2.37. The summed E-state index contributed by atoms with van der Waals surface area (Å²) >= 11 is 0. The van der Waals surface area contributed by atoms with Gasteiger partial charge in [-0.05, 0) is 6.42 Å². The van der Waals surface area contributed by atoms with Crippen molar-refractivity contribution in [1.82, 2.24) is 4.90 Å². The van der Waals surface area contributed by atoms with Gasteiger partial charge in [-0.3, -0.25) is 9.59 Å². The van der Waals surface area contributed by atoms with Gasteiger partial charge in [0.1, 0.15) is 6.04 Å². The Morgan fingerprint density at radius 2 is 2.29 bits per heavy atom. The molecule has 0 radical (unpaired) electrons. The summed E-state index contributed by atoms with van der Waals surface area (Å²) in [6, 6.07) is -1.21. The van der Waals surface area contributed by atoms with E-state index < -0.39 is 18.0 Å². The Morgan fingerprint density at radius 1 is 1.64 bits per heavy atom. The number of carbonyl (C=O) groups is 2. The summed E-state index contributed by atoms with van der Waals surface area (Å²) in [6.07, 6.45) is 5.83. The molecule has 1 fully saturated rings. The van der Waals surface area contributed by atoms with Crippen LogP contribution in [-0.4, -0.2) is 35.3 Å². The zero-order chi connectivity index (χ0) is 10.7. The maximum Gasteiger partial charge on any atom is 0.241 e. The molecule has 2 atom stereocenters. The highest BCUT2D eigenvalue weighted by atomic mass is 16.2. The molecule has 2 unspecified atom stereocenters. The average molecular weight is 195 g/mol. The van der Waals surface area contributed by atoms with Gasteiger partial charge in [0.05, 0.1) is 6.04 Å². The fourth-order valence-corrected chi connectivity index (χ4v) is 1.37. The van der Waals surface area contributed by atoms with Gasteiger partial charge in [-0.15, -0.1) is 12.3 Å². The molecule has 4 N–H and O–H groups in total. The fraction of sp³-hybridized carbons (Fsp3) is 0.556. The third-order valence-corrected chi connectivity index (χ3v) is 2.29. The lowest BCUT2D eigenvalue weighted by Gasteiger charge is -2.39. The van der Waals surface area contributed by atoms with Gasteiger partial charge < -0.3 is 16.4 Å². The number of likely N-dealkylation sites (tertiary alicyclic amines) is 1. The number of nitrogens with two attached hydrogens (primary N) is 2. The predicted octanol–water partition coefficient (Wildman–Crippen LogP) is -1.58. The second-order valence-corrected chi connectivity index (χ2v) is 3.25. The summed E-state index contributed by atoms with van der Waals surface area (Å²) in [6.45, 7) is 0.532. The van der Waals surface area contributed by atoms with Crippen LogP contribution in [0.4, 0.5) is 0 Å². The summed E-state index contributed by atoms with van der Waals surface area (Å²) in [4.78, 5) is 23.7. The van der Waals surface area contributed by atoms with E-state index in [0.29, 0.717) is 13.0 Å². The summed E-state index contributed by atoms with van der Waals surface area (Å²) in [5.41, 5.74) is 10.6. The van der Waals surface area contributed by atoms with E-state index in [0.717, 1.165) is 0 Å². The normalized spacial score (nSPS) is 22.0. The second kappa shape index (κ2) is 4.11. The largest absolute Gasteiger partial charge is 0.368 e. The topological polar surface area (TPSA) is 89.4 Å². The van der Waals surface area contributed by atoms with E-state index in [1.54, 1.807) is 0 Å². The number of carbonyl (C=O) groups excluding carboxylic acids is 2. The zero-order valence-electron chi connectivity index (χ0n) is 7.77. The minimum atomic E-state index is -0.720. The number of nitrogens with zero attached hydrogens (tertiary/aromatic N) is 1. The number of hydrogen-bond donors (Lipinski definition) is 2. The summed E-state index contributed by atoms with van der Waals surface area (Å²) in [5.74, 6) is 1.52. The van der Waals surface area contributed by atoms with Crippen molar-refractivity contribution in [2.75, 3.05) is 6.54 Å². The molecule has 14 heavy (non-hydrogen) atoms. The van der Waals surface area contributed by atoms with Crippen LogP contribution in [0.1, 0.15) is 12.8 Å². The molecule has 0 aromatic carbocycles. The molecule has 0 aromatic heterocycles. The molecule has 0 aromatic rings. The molecule has 1 saturated heterocycles. The molecule has 76 valence electrons. The van der Waals surface area contributed by atoms with E-state index in [2.05, 4.69) is 5.92 Å². The van der Waals surface area contributed by atoms with E-state index in [4.69, 9.17) is 17.9 Å². The quantitative estimate of drug-likeness (QED) is 0.533. The van der Waals surface area contributed by atoms with Crippen LogP contribution in [-0.2, 0) is 9.59 Å². The standard InChI is InChI=1S/C9H13N3O2/c1-2-3-6(10)9(14)12-5-4-7(12)8(11)13/h1,6-7H,3-5,10H2,(H2,11,13). The summed E-state index contributed by atoms with van der Waals surface area (Å²) < 4.78 is 0. The van der Waals surface area contributed by atoms with E-state index >= 15 is 0 Å². The Kier molecular flexibility index (Phi) is 3.10. The van der Waals surface area contributed by atoms with E-state index in [1.165, 1.54) is 4.90 Å². The Bertz CT molecular complexity index is 295. The van der Waals surface area contributed by atoms with Crippen molar-refractivity contribution in [3.8, 4) is 12.3 Å². The molecule has 2 amide bonds. The fourth-order valence-electron chi connectivity index (χ4n) is 1.37. The van der Waals surface area contributed by atoms with Crippen LogP contribution in [0, 0.1) is 12.3 Å². The first-order valence-corrected chi connectivity index (χ1v) is 4.36. The molecule has 1 aliphatic rings. The molecule has 0 bridgehead atoms. The van der Waals surface area contributed by atoms with E-state index in [-0.39, 0.29) is 12.3 Å². The Hall–Kier alpha value is -1.54. The van der Waals surface area contributed by atoms with Crippen molar-refractivity contribution in [3.05, 3.63) is 0 Å². The number of hydrogen-bond acceptors (Lipinski definition) is 3. The van der Waals surface area contributed by atoms with Crippen LogP contribution in [0.25, 0.3) is 0 Å². The lowest BCUT2D eigenvalue weighted by atomic mass is 10.0. The van der Waals surface area contributed by atoms with Crippen molar-refractivity contribution in [3.63, 3.8) is 0 Å². The molecule has 1 heterocycles. The zero-order valence-corrected chi connectivity index (χ0v) is 7.77. The molecular weight excluding hydrogens is 182 g/mol. The average Bonchev–Trinajstić information content (AvgIpc) is 2.01. The minimum absolute atomic E-state index is 0.181. The molecule has 1 aliphatic heterocycles. The molecular formula is C9H13N3O2. The highest BCUT2D eigenvalue weighted by Crippen LogP contribution is 2.17. The third kappa shape index (κ3) is 1.86. The molecule has 5 heteroatoms. The minimum Gasteiger partial charge on any atom is -0.368 e. The lowest BCUT2D eigenvalue weighted by molar-refractivity contribution is -0.146. The van der Waals surface area contributed by atoms with Gasteiger partial charge in [0.2, 0.25) is 11.8 Å². The Morgan fingerprint density at radius 3 is 2.64 bits per heavy atom. The number of rotatable bonds is 3. The Labute approximate surface area is 82.4 Å². The number of primary amides is 1. The van der Waals surface area contributed by atoms with Gasteiger partial charge >= 0.3 is 0 Å². The van der Waals surface area contributed by atoms with Crippen molar-refractivity contribution >= 4 is 11.8 Å². The monoisotopic (exact) mass is 195 g/mol. The Balaban J connectivity index is 2.54. The van der Waals surface area contributed by atoms with Gasteiger partial charge in [0.15, 0.2) is 0 Å². The first kappa shape index (κ1) is 10.5.